The number of Topliss-reactive ketones (excluding diaryl/α,β-unsaturated/α-hetero) is 1. The number of halogens is 4. The number of sulfone groups is 1. The van der Waals surface area contributed by atoms with Crippen LogP contribution in [0.3, 0.4) is 0 Å². The monoisotopic (exact) mass is 543 g/mol. The van der Waals surface area contributed by atoms with Gasteiger partial charge in [0.15, 0.2) is 21.3 Å². The highest BCUT2D eigenvalue weighted by Crippen LogP contribution is 2.36. The van der Waals surface area contributed by atoms with Crippen molar-refractivity contribution in [1.82, 2.24) is 14.1 Å². The quantitative estimate of drug-likeness (QED) is 0.308. The van der Waals surface area contributed by atoms with Crippen LogP contribution < -0.4 is 10.4 Å². The van der Waals surface area contributed by atoms with Gasteiger partial charge in [0.2, 0.25) is 0 Å². The molecule has 1 aromatic carbocycles. The maximum absolute atomic E-state index is 13.4. The van der Waals surface area contributed by atoms with Gasteiger partial charge in [0.1, 0.15) is 5.75 Å². The van der Waals surface area contributed by atoms with Crippen LogP contribution in [0.15, 0.2) is 41.3 Å². The molecule has 3 heterocycles. The maximum Gasteiger partial charge on any atom is 0.461 e. The SMILES string of the molecule is CC(C)n1c(=O)n(-c2cccc(OC(F)(F)C(F)F)c2)c2ncc(C(=O)C[C@]3(C)CCS(=O)(=O)C3)cc21. The first-order valence-corrected chi connectivity index (χ1v) is 13.3. The molecule has 0 aliphatic carbocycles. The second-order valence-electron chi connectivity index (χ2n) is 9.86. The minimum atomic E-state index is -4.72. The van der Waals surface area contributed by atoms with Crippen molar-refractivity contribution in [2.75, 3.05) is 11.5 Å². The number of rotatable bonds is 8. The average molecular weight is 544 g/mol. The third kappa shape index (κ3) is 5.27. The molecular weight excluding hydrogens is 518 g/mol. The third-order valence-corrected chi connectivity index (χ3v) is 8.27. The lowest BCUT2D eigenvalue weighted by atomic mass is 9.83. The Morgan fingerprint density at radius 3 is 2.54 bits per heavy atom. The van der Waals surface area contributed by atoms with Gasteiger partial charge in [-0.05, 0) is 43.9 Å². The second kappa shape index (κ2) is 9.26. The number of fused-ring (bicyclic) bond motifs is 1. The van der Waals surface area contributed by atoms with Crippen LogP contribution in [0.5, 0.6) is 5.75 Å². The molecule has 0 unspecified atom stereocenters. The highest BCUT2D eigenvalue weighted by Gasteiger charge is 2.44. The van der Waals surface area contributed by atoms with Crippen LogP contribution in [0.4, 0.5) is 17.6 Å². The van der Waals surface area contributed by atoms with E-state index in [0.717, 1.165) is 16.7 Å². The van der Waals surface area contributed by atoms with E-state index in [1.54, 1.807) is 20.8 Å². The smallest absolute Gasteiger partial charge is 0.428 e. The molecule has 4 rings (SSSR count). The van der Waals surface area contributed by atoms with Crippen LogP contribution >= 0.6 is 0 Å². The van der Waals surface area contributed by atoms with Crippen molar-refractivity contribution in [1.29, 1.82) is 0 Å². The largest absolute Gasteiger partial charge is 0.461 e. The number of aromatic nitrogens is 3. The van der Waals surface area contributed by atoms with Crippen LogP contribution in [0.2, 0.25) is 0 Å². The number of carbonyl (C=O) groups excluding carboxylic acids is 1. The van der Waals surface area contributed by atoms with Gasteiger partial charge in [0.05, 0.1) is 22.7 Å². The molecule has 200 valence electrons. The molecule has 13 heteroatoms. The van der Waals surface area contributed by atoms with Gasteiger partial charge < -0.3 is 4.74 Å². The first kappa shape index (κ1) is 26.8. The first-order valence-electron chi connectivity index (χ1n) is 11.4. The molecular formula is C24H25F4N3O5S. The Morgan fingerprint density at radius 1 is 1.24 bits per heavy atom. The lowest BCUT2D eigenvalue weighted by Crippen LogP contribution is -2.33. The van der Waals surface area contributed by atoms with Crippen LogP contribution in [0.1, 0.15) is 50.0 Å². The summed E-state index contributed by atoms with van der Waals surface area (Å²) in [4.78, 5) is 30.7. The van der Waals surface area contributed by atoms with Gasteiger partial charge in [0, 0.05) is 30.3 Å². The van der Waals surface area contributed by atoms with E-state index in [1.807, 2.05) is 0 Å². The lowest BCUT2D eigenvalue weighted by molar-refractivity contribution is -0.253. The van der Waals surface area contributed by atoms with Crippen LogP contribution in [0, 0.1) is 5.41 Å². The van der Waals surface area contributed by atoms with Crippen LogP contribution in [-0.4, -0.2) is 52.4 Å². The number of nitrogens with zero attached hydrogens (tertiary/aromatic N) is 3. The summed E-state index contributed by atoms with van der Waals surface area (Å²) in [5.41, 5.74) is -0.643. The number of hydrogen-bond acceptors (Lipinski definition) is 6. The van der Waals surface area contributed by atoms with Gasteiger partial charge >= 0.3 is 18.2 Å². The third-order valence-electron chi connectivity index (χ3n) is 6.31. The number of hydrogen-bond donors (Lipinski definition) is 0. The molecule has 37 heavy (non-hydrogen) atoms. The summed E-state index contributed by atoms with van der Waals surface area (Å²) in [6.45, 7) is 5.20. The highest BCUT2D eigenvalue weighted by atomic mass is 32.2. The van der Waals surface area contributed by atoms with E-state index in [0.29, 0.717) is 11.9 Å². The molecule has 0 amide bonds. The molecule has 1 fully saturated rings. The Kier molecular flexibility index (Phi) is 6.72. The summed E-state index contributed by atoms with van der Waals surface area (Å²) in [7, 11) is -3.20. The minimum absolute atomic E-state index is 0.0102. The normalized spacial score (nSPS) is 19.7. The number of ketones is 1. The van der Waals surface area contributed by atoms with Crippen LogP contribution in [-0.2, 0) is 9.84 Å². The number of pyridine rings is 1. The fourth-order valence-electron chi connectivity index (χ4n) is 4.58. The zero-order valence-corrected chi connectivity index (χ0v) is 21.1. The second-order valence-corrected chi connectivity index (χ2v) is 12.0. The minimum Gasteiger partial charge on any atom is -0.428 e. The summed E-state index contributed by atoms with van der Waals surface area (Å²) >= 11 is 0. The fourth-order valence-corrected chi connectivity index (χ4v) is 6.83. The summed E-state index contributed by atoms with van der Waals surface area (Å²) in [6.07, 6.45) is -7.15. The number of alkyl halides is 4. The summed E-state index contributed by atoms with van der Waals surface area (Å²) in [5, 5.41) is 0. The molecule has 0 saturated carbocycles. The molecule has 3 aromatic rings. The van der Waals surface area contributed by atoms with E-state index in [2.05, 4.69) is 9.72 Å². The van der Waals surface area contributed by atoms with Gasteiger partial charge in [-0.1, -0.05) is 13.0 Å². The first-order chi connectivity index (χ1) is 17.1. The van der Waals surface area contributed by atoms with Gasteiger partial charge in [-0.15, -0.1) is 0 Å². The van der Waals surface area contributed by atoms with E-state index in [1.165, 1.54) is 29.0 Å². The molecule has 1 aliphatic heterocycles. The molecule has 0 bridgehead atoms. The average Bonchev–Trinajstić information content (AvgIpc) is 3.23. The summed E-state index contributed by atoms with van der Waals surface area (Å²) in [5.74, 6) is -0.964. The van der Waals surface area contributed by atoms with Gasteiger partial charge in [-0.25, -0.2) is 22.8 Å². The Morgan fingerprint density at radius 2 is 1.95 bits per heavy atom. The van der Waals surface area contributed by atoms with Crippen molar-refractivity contribution in [3.63, 3.8) is 0 Å². The molecule has 1 atom stereocenters. The van der Waals surface area contributed by atoms with Crippen molar-refractivity contribution >= 4 is 26.8 Å². The summed E-state index contributed by atoms with van der Waals surface area (Å²) in [6, 6.07) is 5.85. The van der Waals surface area contributed by atoms with E-state index in [-0.39, 0.29) is 46.6 Å². The Hall–Kier alpha value is -3.22. The highest BCUT2D eigenvalue weighted by molar-refractivity contribution is 7.91. The Labute approximate surface area is 209 Å². The molecule has 8 nitrogen and oxygen atoms in total. The zero-order chi connectivity index (χ0) is 27.3. The molecule has 0 N–H and O–H groups in total. The number of benzene rings is 1. The van der Waals surface area contributed by atoms with Crippen LogP contribution in [0.25, 0.3) is 16.9 Å². The number of carbonyl (C=O) groups is 1. The fraction of sp³-hybridized carbons (Fsp3) is 0.458. The number of ether oxygens (including phenoxy) is 1. The molecule has 0 spiro atoms. The number of imidazole rings is 1. The van der Waals surface area contributed by atoms with E-state index < -0.39 is 39.2 Å². The zero-order valence-electron chi connectivity index (χ0n) is 20.3. The standard InChI is InChI=1S/C24H25F4N3O5S/c1-14(2)30-18-9-15(19(32)11-23(3)7-8-37(34,35)13-23)12-29-20(18)31(22(30)33)16-5-4-6-17(10-16)36-24(27,28)21(25)26/h4-6,9-10,12,14,21H,7-8,11,13H2,1-3H3/t23-/m0/s1. The predicted molar refractivity (Wildman–Crippen MR) is 128 cm³/mol. The van der Waals surface area contributed by atoms with E-state index >= 15 is 0 Å². The Balaban J connectivity index is 1.76. The predicted octanol–water partition coefficient (Wildman–Crippen LogP) is 4.40. The topological polar surface area (TPSA) is 100 Å². The van der Waals surface area contributed by atoms with Gasteiger partial charge in [-0.2, -0.15) is 17.6 Å². The van der Waals surface area contributed by atoms with Gasteiger partial charge in [0.25, 0.3) is 0 Å². The molecule has 2 aromatic heterocycles. The van der Waals surface area contributed by atoms with Crippen molar-refractivity contribution in [3.8, 4) is 11.4 Å². The van der Waals surface area contributed by atoms with E-state index in [4.69, 9.17) is 0 Å². The van der Waals surface area contributed by atoms with Crippen molar-refractivity contribution < 1.29 is 35.5 Å². The Bertz CT molecular complexity index is 1530. The maximum atomic E-state index is 13.4. The van der Waals surface area contributed by atoms with Crippen molar-refractivity contribution in [3.05, 3.63) is 52.6 Å². The molecule has 1 saturated heterocycles. The van der Waals surface area contributed by atoms with Gasteiger partial charge in [-0.3, -0.25) is 9.36 Å². The lowest BCUT2D eigenvalue weighted by Gasteiger charge is -2.20. The molecule has 1 aliphatic rings. The molecule has 0 radical (unpaired) electrons. The summed E-state index contributed by atoms with van der Waals surface area (Å²) < 4.78 is 82.5. The van der Waals surface area contributed by atoms with E-state index in [9.17, 15) is 35.6 Å². The van der Waals surface area contributed by atoms with Crippen molar-refractivity contribution in [2.45, 2.75) is 52.2 Å². The van der Waals surface area contributed by atoms with Crippen molar-refractivity contribution in [2.24, 2.45) is 5.41 Å².